The molecule has 4 heteroatoms. The van der Waals surface area contributed by atoms with Gasteiger partial charge in [0, 0.05) is 12.6 Å². The van der Waals surface area contributed by atoms with Crippen LogP contribution in [0.15, 0.2) is 24.3 Å². The van der Waals surface area contributed by atoms with E-state index < -0.39 is 0 Å². The second-order valence-corrected chi connectivity index (χ2v) is 5.63. The van der Waals surface area contributed by atoms with Crippen LogP contribution in [0.4, 0.5) is 0 Å². The normalized spacial score (nSPS) is 20.1. The van der Waals surface area contributed by atoms with Crippen LogP contribution in [0.5, 0.6) is 0 Å². The van der Waals surface area contributed by atoms with E-state index in [4.69, 9.17) is 4.74 Å². The van der Waals surface area contributed by atoms with Gasteiger partial charge in [-0.05, 0) is 30.0 Å². The lowest BCUT2D eigenvalue weighted by molar-refractivity contribution is -0.144. The first-order chi connectivity index (χ1) is 9.63. The molecule has 2 N–H and O–H groups in total. The minimum absolute atomic E-state index is 0.185. The molecule has 0 aliphatic carbocycles. The van der Waals surface area contributed by atoms with Crippen LogP contribution >= 0.6 is 0 Å². The first-order valence-electron chi connectivity index (χ1n) is 7.26. The molecule has 0 radical (unpaired) electrons. The zero-order valence-electron chi connectivity index (χ0n) is 12.5. The maximum absolute atomic E-state index is 11.9. The largest absolute Gasteiger partial charge is 0.468 e. The molecule has 2 atom stereocenters. The van der Waals surface area contributed by atoms with Gasteiger partial charge in [-0.2, -0.15) is 0 Å². The lowest BCUT2D eigenvalue weighted by Gasteiger charge is -2.27. The van der Waals surface area contributed by atoms with E-state index in [0.717, 1.165) is 19.5 Å². The number of ether oxygens (including phenoxy) is 1. The van der Waals surface area contributed by atoms with Crippen molar-refractivity contribution in [1.29, 1.82) is 0 Å². The van der Waals surface area contributed by atoms with Gasteiger partial charge in [-0.1, -0.05) is 38.1 Å². The summed E-state index contributed by atoms with van der Waals surface area (Å²) >= 11 is 0. The highest BCUT2D eigenvalue weighted by atomic mass is 16.5. The smallest absolute Gasteiger partial charge is 0.323 e. The van der Waals surface area contributed by atoms with Gasteiger partial charge >= 0.3 is 5.97 Å². The number of carbonyl (C=O) groups excluding carboxylic acids is 1. The van der Waals surface area contributed by atoms with Crippen molar-refractivity contribution in [3.8, 4) is 0 Å². The summed E-state index contributed by atoms with van der Waals surface area (Å²) in [4.78, 5) is 11.9. The van der Waals surface area contributed by atoms with Crippen molar-refractivity contribution in [2.75, 3.05) is 13.7 Å². The lowest BCUT2D eigenvalue weighted by Crippen LogP contribution is -2.44. The number of hydrogen-bond acceptors (Lipinski definition) is 4. The Balaban J connectivity index is 2.21. The molecule has 1 aromatic rings. The van der Waals surface area contributed by atoms with E-state index >= 15 is 0 Å². The maximum Gasteiger partial charge on any atom is 0.323 e. The molecular weight excluding hydrogens is 252 g/mol. The van der Waals surface area contributed by atoms with E-state index in [1.54, 1.807) is 0 Å². The van der Waals surface area contributed by atoms with Gasteiger partial charge in [0.1, 0.15) is 6.04 Å². The van der Waals surface area contributed by atoms with Crippen LogP contribution in [0, 0.1) is 5.92 Å². The van der Waals surface area contributed by atoms with Crippen LogP contribution in [-0.4, -0.2) is 25.7 Å². The average molecular weight is 276 g/mol. The highest BCUT2D eigenvalue weighted by Gasteiger charge is 2.28. The molecule has 1 aliphatic rings. The number of rotatable bonds is 4. The third-order valence-corrected chi connectivity index (χ3v) is 3.86. The zero-order valence-corrected chi connectivity index (χ0v) is 12.5. The molecule has 4 nitrogen and oxygen atoms in total. The van der Waals surface area contributed by atoms with Crippen molar-refractivity contribution in [2.45, 2.75) is 38.9 Å². The second-order valence-electron chi connectivity index (χ2n) is 5.63. The fourth-order valence-corrected chi connectivity index (χ4v) is 2.71. The number of methoxy groups -OCH3 is 1. The Morgan fingerprint density at radius 1 is 1.40 bits per heavy atom. The molecule has 0 fully saturated rings. The number of carbonyl (C=O) groups is 1. The summed E-state index contributed by atoms with van der Waals surface area (Å²) in [6.07, 6.45) is 0.969. The van der Waals surface area contributed by atoms with Gasteiger partial charge in [-0.3, -0.25) is 10.1 Å². The zero-order chi connectivity index (χ0) is 14.5. The topological polar surface area (TPSA) is 50.4 Å². The van der Waals surface area contributed by atoms with Gasteiger partial charge < -0.3 is 10.1 Å². The number of hydrogen-bond donors (Lipinski definition) is 2. The minimum Gasteiger partial charge on any atom is -0.468 e. The Bertz CT molecular complexity index is 460. The molecular formula is C16H24N2O2. The van der Waals surface area contributed by atoms with Crippen molar-refractivity contribution in [3.63, 3.8) is 0 Å². The third-order valence-electron chi connectivity index (χ3n) is 3.86. The van der Waals surface area contributed by atoms with E-state index in [2.05, 4.69) is 34.9 Å². The number of esters is 1. The summed E-state index contributed by atoms with van der Waals surface area (Å²) in [5.41, 5.74) is 2.59. The Kier molecular flexibility index (Phi) is 5.15. The van der Waals surface area contributed by atoms with Crippen LogP contribution in [0.25, 0.3) is 0 Å². The third kappa shape index (κ3) is 3.38. The lowest BCUT2D eigenvalue weighted by atomic mass is 9.96. The Hall–Kier alpha value is -1.39. The molecule has 0 bridgehead atoms. The van der Waals surface area contributed by atoms with E-state index in [0.29, 0.717) is 0 Å². The second kappa shape index (κ2) is 6.86. The van der Waals surface area contributed by atoms with Gasteiger partial charge in [0.25, 0.3) is 0 Å². The number of benzene rings is 1. The van der Waals surface area contributed by atoms with Gasteiger partial charge in [0.05, 0.1) is 7.11 Å². The first-order valence-corrected chi connectivity index (χ1v) is 7.26. The van der Waals surface area contributed by atoms with Crippen molar-refractivity contribution in [1.82, 2.24) is 10.6 Å². The summed E-state index contributed by atoms with van der Waals surface area (Å²) in [5.74, 6) is 0.0144. The highest BCUT2D eigenvalue weighted by Crippen LogP contribution is 2.25. The van der Waals surface area contributed by atoms with Gasteiger partial charge in [-0.25, -0.2) is 0 Å². The molecule has 2 rings (SSSR count). The predicted octanol–water partition coefficient (Wildman–Crippen LogP) is 2.01. The first kappa shape index (κ1) is 15.0. The highest BCUT2D eigenvalue weighted by molar-refractivity contribution is 5.76. The summed E-state index contributed by atoms with van der Waals surface area (Å²) in [5, 5.41) is 6.91. The van der Waals surface area contributed by atoms with Gasteiger partial charge in [-0.15, -0.1) is 0 Å². The predicted molar refractivity (Wildman–Crippen MR) is 79.3 cm³/mol. The standard InChI is InChI=1S/C16H24N2O2/c1-11(2)15(16(19)20-3)18-14-8-9-17-10-12-6-4-5-7-13(12)14/h4-7,11,14-15,17-18H,8-10H2,1-3H3. The van der Waals surface area contributed by atoms with Crippen molar-refractivity contribution in [2.24, 2.45) is 5.92 Å². The van der Waals surface area contributed by atoms with Crippen LogP contribution in [0.2, 0.25) is 0 Å². The monoisotopic (exact) mass is 276 g/mol. The van der Waals surface area contributed by atoms with Crippen LogP contribution in [0.1, 0.15) is 37.4 Å². The minimum atomic E-state index is -0.267. The van der Waals surface area contributed by atoms with E-state index in [1.807, 2.05) is 13.8 Å². The number of fused-ring (bicyclic) bond motifs is 1. The molecule has 0 saturated carbocycles. The summed E-state index contributed by atoms with van der Waals surface area (Å²) in [6.45, 7) is 5.90. The summed E-state index contributed by atoms with van der Waals surface area (Å²) < 4.78 is 4.92. The van der Waals surface area contributed by atoms with Crippen molar-refractivity contribution >= 4 is 5.97 Å². The molecule has 0 spiro atoms. The van der Waals surface area contributed by atoms with Crippen molar-refractivity contribution < 1.29 is 9.53 Å². The van der Waals surface area contributed by atoms with E-state index in [1.165, 1.54) is 18.2 Å². The van der Waals surface area contributed by atoms with Crippen LogP contribution < -0.4 is 10.6 Å². The molecule has 0 saturated heterocycles. The Morgan fingerprint density at radius 3 is 2.85 bits per heavy atom. The van der Waals surface area contributed by atoms with E-state index in [9.17, 15) is 4.79 Å². The molecule has 2 unspecified atom stereocenters. The molecule has 1 aromatic carbocycles. The average Bonchev–Trinajstić information content (AvgIpc) is 2.66. The number of nitrogens with one attached hydrogen (secondary N) is 2. The van der Waals surface area contributed by atoms with Crippen molar-refractivity contribution in [3.05, 3.63) is 35.4 Å². The fraction of sp³-hybridized carbons (Fsp3) is 0.562. The van der Waals surface area contributed by atoms with E-state index in [-0.39, 0.29) is 24.0 Å². The molecule has 1 heterocycles. The van der Waals surface area contributed by atoms with Crippen LogP contribution in [-0.2, 0) is 16.1 Å². The summed E-state index contributed by atoms with van der Waals surface area (Å²) in [6, 6.07) is 8.33. The Morgan fingerprint density at radius 2 is 2.15 bits per heavy atom. The molecule has 110 valence electrons. The molecule has 1 aliphatic heterocycles. The summed E-state index contributed by atoms with van der Waals surface area (Å²) in [7, 11) is 1.45. The fourth-order valence-electron chi connectivity index (χ4n) is 2.71. The van der Waals surface area contributed by atoms with Crippen LogP contribution in [0.3, 0.4) is 0 Å². The molecule has 0 amide bonds. The Labute approximate surface area is 120 Å². The van der Waals surface area contributed by atoms with Gasteiger partial charge in [0.2, 0.25) is 0 Å². The quantitative estimate of drug-likeness (QED) is 0.826. The molecule has 0 aromatic heterocycles. The SMILES string of the molecule is COC(=O)C(NC1CCNCc2ccccc21)C(C)C. The molecule has 20 heavy (non-hydrogen) atoms. The maximum atomic E-state index is 11.9. The van der Waals surface area contributed by atoms with Gasteiger partial charge in [0.15, 0.2) is 0 Å².